The van der Waals surface area contributed by atoms with Gasteiger partial charge in [-0.15, -0.1) is 0 Å². The van der Waals surface area contributed by atoms with Crippen LogP contribution in [0.3, 0.4) is 0 Å². The maximum atomic E-state index is 5.39. The summed E-state index contributed by atoms with van der Waals surface area (Å²) in [5.74, 6) is 1.75. The van der Waals surface area contributed by atoms with Crippen molar-refractivity contribution in [2.75, 3.05) is 0 Å². The molecule has 0 amide bonds. The van der Waals surface area contributed by atoms with E-state index in [1.54, 1.807) is 0 Å². The first kappa shape index (κ1) is 68.6. The third kappa shape index (κ3) is 13.2. The number of nitrogens with zero attached hydrogens (tertiary/aromatic N) is 5. The minimum Gasteiger partial charge on any atom is -0.309 e. The van der Waals surface area contributed by atoms with Crippen molar-refractivity contribution in [1.82, 2.24) is 24.1 Å². The first-order valence-electron chi connectivity index (χ1n) is 39.6. The van der Waals surface area contributed by atoms with Gasteiger partial charge in [0.05, 0.1) is 22.1 Å². The fourth-order valence-corrected chi connectivity index (χ4v) is 16.9. The Balaban J connectivity index is 0.581. The summed E-state index contributed by atoms with van der Waals surface area (Å²) in [6.45, 7) is 0. The lowest BCUT2D eigenvalue weighted by atomic mass is 9.94. The average molecular weight is 1480 g/mol. The van der Waals surface area contributed by atoms with Gasteiger partial charge in [0.15, 0.2) is 17.5 Å². The predicted molar refractivity (Wildman–Crippen MR) is 485 cm³/mol. The van der Waals surface area contributed by atoms with Crippen molar-refractivity contribution in [3.63, 3.8) is 0 Å². The van der Waals surface area contributed by atoms with Gasteiger partial charge < -0.3 is 9.13 Å². The first-order chi connectivity index (χ1) is 57.4. The van der Waals surface area contributed by atoms with E-state index in [1.807, 2.05) is 0 Å². The third-order valence-electron chi connectivity index (χ3n) is 22.8. The Labute approximate surface area is 674 Å². The van der Waals surface area contributed by atoms with Crippen molar-refractivity contribution in [2.24, 2.45) is 0 Å². The van der Waals surface area contributed by atoms with Gasteiger partial charge in [0.25, 0.3) is 0 Å². The highest BCUT2D eigenvalue weighted by molar-refractivity contribution is 6.10. The zero-order chi connectivity index (χ0) is 76.8. The molecule has 116 heavy (non-hydrogen) atoms. The molecule has 21 aromatic rings. The van der Waals surface area contributed by atoms with Crippen molar-refractivity contribution in [3.05, 3.63) is 443 Å². The SMILES string of the molecule is c1ccc(-c2cccc(-c3cccc(-c4cccc(-c5ccc(-c6ccc(-c7nc(-c8cccc(-c9cccc(-c%10cccc(-c%11ccc(-n%12c%13ccccc%13c%13ccccc%13%12)cc%11)c%10)c9)c8)nc(-c8cccc(-c9cccc(-c%10cccc(-c%11ccc(-n%12c%13ccccc%13c%13ccccc%13%12)cc%11)c%10)c9)c8)n7)cc6)cc5)c4)c3)c2)cc1. The van der Waals surface area contributed by atoms with Crippen molar-refractivity contribution in [3.8, 4) is 168 Å². The summed E-state index contributed by atoms with van der Waals surface area (Å²) in [6, 6.07) is 160. The second kappa shape index (κ2) is 29.7. The summed E-state index contributed by atoms with van der Waals surface area (Å²) in [5, 5.41) is 5.02. The third-order valence-corrected chi connectivity index (χ3v) is 22.8. The summed E-state index contributed by atoms with van der Waals surface area (Å²) in [4.78, 5) is 16.1. The molecule has 0 bridgehead atoms. The van der Waals surface area contributed by atoms with E-state index in [0.717, 1.165) is 117 Å². The first-order valence-corrected chi connectivity index (χ1v) is 39.6. The van der Waals surface area contributed by atoms with Gasteiger partial charge in [0, 0.05) is 49.6 Å². The lowest BCUT2D eigenvalue weighted by Crippen LogP contribution is -2.00. The van der Waals surface area contributed by atoms with Crippen molar-refractivity contribution >= 4 is 43.6 Å². The van der Waals surface area contributed by atoms with Crippen molar-refractivity contribution in [1.29, 1.82) is 0 Å². The van der Waals surface area contributed by atoms with Crippen LogP contribution in [0.4, 0.5) is 0 Å². The average Bonchev–Trinajstić information content (AvgIpc) is 1.60. The van der Waals surface area contributed by atoms with Gasteiger partial charge in [0.2, 0.25) is 0 Å². The van der Waals surface area contributed by atoms with Crippen LogP contribution in [-0.4, -0.2) is 24.1 Å². The van der Waals surface area contributed by atoms with E-state index in [0.29, 0.717) is 17.5 Å². The topological polar surface area (TPSA) is 48.5 Å². The summed E-state index contributed by atoms with van der Waals surface area (Å²) >= 11 is 0. The smallest absolute Gasteiger partial charge is 0.164 e. The van der Waals surface area contributed by atoms with E-state index in [-0.39, 0.29) is 0 Å². The fraction of sp³-hybridized carbons (Fsp3) is 0. The van der Waals surface area contributed by atoms with E-state index in [1.165, 1.54) is 77.0 Å². The van der Waals surface area contributed by atoms with Crippen LogP contribution in [0.2, 0.25) is 0 Å². The number of rotatable bonds is 16. The summed E-state index contributed by atoms with van der Waals surface area (Å²) in [7, 11) is 0. The normalized spacial score (nSPS) is 11.4. The number of para-hydroxylation sites is 4. The lowest BCUT2D eigenvalue weighted by Gasteiger charge is -2.12. The monoisotopic (exact) mass is 1480 g/mol. The van der Waals surface area contributed by atoms with E-state index in [2.05, 4.69) is 452 Å². The van der Waals surface area contributed by atoms with Gasteiger partial charge >= 0.3 is 0 Å². The van der Waals surface area contributed by atoms with Crippen molar-refractivity contribution in [2.45, 2.75) is 0 Å². The second-order valence-corrected chi connectivity index (χ2v) is 29.9. The molecule has 3 aromatic heterocycles. The fourth-order valence-electron chi connectivity index (χ4n) is 16.9. The molecule has 0 saturated carbocycles. The van der Waals surface area contributed by atoms with E-state index in [4.69, 9.17) is 15.0 Å². The predicted octanol–water partition coefficient (Wildman–Crippen LogP) is 29.4. The molecule has 21 rings (SSSR count). The molecular weight excluding hydrogens is 1400 g/mol. The molecule has 0 radical (unpaired) electrons. The maximum Gasteiger partial charge on any atom is 0.164 e. The molecule has 0 aliphatic rings. The van der Waals surface area contributed by atoms with Gasteiger partial charge in [-0.05, 0) is 226 Å². The molecule has 0 aliphatic carbocycles. The molecule has 0 spiro atoms. The second-order valence-electron chi connectivity index (χ2n) is 29.9. The highest BCUT2D eigenvalue weighted by atomic mass is 15.0. The largest absolute Gasteiger partial charge is 0.309 e. The van der Waals surface area contributed by atoms with Gasteiger partial charge in [-0.2, -0.15) is 0 Å². The summed E-state index contributed by atoms with van der Waals surface area (Å²) in [5.41, 5.74) is 34.8. The molecule has 0 atom stereocenters. The highest BCUT2D eigenvalue weighted by Gasteiger charge is 2.19. The van der Waals surface area contributed by atoms with Crippen molar-refractivity contribution < 1.29 is 0 Å². The standard InChI is InChI=1S/C111H73N5/c1-2-21-74(22-3-1)81-23-12-27-85(65-81)89-31-16-32-90(69-89)86-28-13-24-82(66-86)77-51-49-75(50-52-77)76-53-55-80(56-54-76)109-112-110(97-39-19-37-95(72-97)93-35-17-33-91(70-93)87-29-14-25-83(67-87)78-57-61-99(62-58-78)115-105-45-8-4-41-101(105)102-42-5-9-46-106(102)115)114-111(113-109)98-40-20-38-96(73-98)94-36-18-34-92(71-94)88-30-15-26-84(68-88)79-59-63-100(64-60-79)116-107-47-10-6-43-103(107)104-44-7-11-48-108(104)116/h1-73H. The highest BCUT2D eigenvalue weighted by Crippen LogP contribution is 2.41. The molecule has 3 heterocycles. The molecule has 542 valence electrons. The number of benzene rings is 18. The lowest BCUT2D eigenvalue weighted by molar-refractivity contribution is 1.07. The van der Waals surface area contributed by atoms with Gasteiger partial charge in [0.1, 0.15) is 0 Å². The van der Waals surface area contributed by atoms with Crippen LogP contribution >= 0.6 is 0 Å². The Bertz CT molecular complexity index is 6880. The summed E-state index contributed by atoms with van der Waals surface area (Å²) in [6.07, 6.45) is 0. The zero-order valence-electron chi connectivity index (χ0n) is 63.4. The number of fused-ring (bicyclic) bond motifs is 6. The molecule has 0 unspecified atom stereocenters. The molecular formula is C111H73N5. The zero-order valence-corrected chi connectivity index (χ0v) is 63.4. The Kier molecular flexibility index (Phi) is 17.5. The van der Waals surface area contributed by atoms with Crippen LogP contribution in [0.25, 0.3) is 212 Å². The Morgan fingerprint density at radius 1 is 0.121 bits per heavy atom. The Morgan fingerprint density at radius 2 is 0.284 bits per heavy atom. The molecule has 0 N–H and O–H groups in total. The van der Waals surface area contributed by atoms with Crippen LogP contribution in [0.15, 0.2) is 443 Å². The van der Waals surface area contributed by atoms with Crippen LogP contribution in [0.1, 0.15) is 0 Å². The van der Waals surface area contributed by atoms with Gasteiger partial charge in [-0.25, -0.2) is 15.0 Å². The molecule has 5 nitrogen and oxygen atoms in total. The van der Waals surface area contributed by atoms with E-state index >= 15 is 0 Å². The maximum absolute atomic E-state index is 5.39. The van der Waals surface area contributed by atoms with Crippen LogP contribution in [0, 0.1) is 0 Å². The number of hydrogen-bond acceptors (Lipinski definition) is 3. The van der Waals surface area contributed by atoms with Crippen LogP contribution in [-0.2, 0) is 0 Å². The van der Waals surface area contributed by atoms with E-state index < -0.39 is 0 Å². The number of aromatic nitrogens is 5. The van der Waals surface area contributed by atoms with Gasteiger partial charge in [-0.1, -0.05) is 340 Å². The Morgan fingerprint density at radius 3 is 0.543 bits per heavy atom. The quantitative estimate of drug-likeness (QED) is 0.0969. The minimum atomic E-state index is 0.582. The molecule has 5 heteroatoms. The molecule has 18 aromatic carbocycles. The minimum absolute atomic E-state index is 0.582. The number of hydrogen-bond donors (Lipinski definition) is 0. The van der Waals surface area contributed by atoms with E-state index in [9.17, 15) is 0 Å². The molecule has 0 aliphatic heterocycles. The molecule has 0 fully saturated rings. The van der Waals surface area contributed by atoms with Crippen LogP contribution in [0.5, 0.6) is 0 Å². The van der Waals surface area contributed by atoms with Gasteiger partial charge in [-0.3, -0.25) is 0 Å². The van der Waals surface area contributed by atoms with Crippen LogP contribution < -0.4 is 0 Å². The molecule has 0 saturated heterocycles. The Hall–Kier alpha value is -15.4. The summed E-state index contributed by atoms with van der Waals surface area (Å²) < 4.78 is 4.74.